The molecular weight excluding hydrogens is 498 g/mol. The van der Waals surface area contributed by atoms with Crippen molar-refractivity contribution in [2.24, 2.45) is 0 Å². The number of aromatic amines is 1. The number of halogens is 1. The summed E-state index contributed by atoms with van der Waals surface area (Å²) in [5, 5.41) is 23.1. The molecule has 0 saturated carbocycles. The monoisotopic (exact) mass is 515 g/mol. The highest BCUT2D eigenvalue weighted by Crippen LogP contribution is 2.34. The van der Waals surface area contributed by atoms with E-state index >= 15 is 0 Å². The van der Waals surface area contributed by atoms with Gasteiger partial charge >= 0.3 is 6.09 Å². The maximum atomic E-state index is 13.4. The molecule has 1 amide bonds. The van der Waals surface area contributed by atoms with Crippen LogP contribution in [0.5, 0.6) is 0 Å². The Kier molecular flexibility index (Phi) is 5.49. The van der Waals surface area contributed by atoms with Gasteiger partial charge in [0.15, 0.2) is 0 Å². The van der Waals surface area contributed by atoms with Crippen LogP contribution in [0.3, 0.4) is 0 Å². The maximum Gasteiger partial charge on any atom is 0.410 e. The number of aromatic nitrogens is 8. The van der Waals surface area contributed by atoms with Gasteiger partial charge in [0.1, 0.15) is 18.0 Å². The molecule has 5 heterocycles. The summed E-state index contributed by atoms with van der Waals surface area (Å²) >= 11 is 6.28. The van der Waals surface area contributed by atoms with Crippen LogP contribution in [0.15, 0.2) is 66.0 Å². The fourth-order valence-corrected chi connectivity index (χ4v) is 4.82. The summed E-state index contributed by atoms with van der Waals surface area (Å²) in [7, 11) is 0. The first kappa shape index (κ1) is 22.6. The van der Waals surface area contributed by atoms with Crippen molar-refractivity contribution in [3.8, 4) is 28.1 Å². The molecule has 0 fully saturated rings. The van der Waals surface area contributed by atoms with E-state index in [0.717, 1.165) is 22.4 Å². The predicted octanol–water partition coefficient (Wildman–Crippen LogP) is 3.56. The number of carbonyl (C=O) groups is 1. The van der Waals surface area contributed by atoms with Crippen molar-refractivity contribution in [2.45, 2.75) is 18.9 Å². The Hall–Kier alpha value is -4.84. The number of imidazole rings is 1. The minimum absolute atomic E-state index is 0.160. The number of nitrogens with zero attached hydrogens (tertiary/aromatic N) is 7. The normalized spacial score (nSPS) is 14.5. The molecule has 37 heavy (non-hydrogen) atoms. The van der Waals surface area contributed by atoms with Crippen molar-refractivity contribution in [1.29, 1.82) is 0 Å². The van der Waals surface area contributed by atoms with E-state index in [9.17, 15) is 9.59 Å². The van der Waals surface area contributed by atoms with Gasteiger partial charge in [0.25, 0.3) is 5.56 Å². The molecule has 0 spiro atoms. The Morgan fingerprint density at radius 2 is 2.03 bits per heavy atom. The molecule has 5 aromatic rings. The third kappa shape index (κ3) is 4.23. The topological polar surface area (TPSA) is 156 Å². The summed E-state index contributed by atoms with van der Waals surface area (Å²) in [6.45, 7) is 0. The molecule has 0 unspecified atom stereocenters. The lowest BCUT2D eigenvalue weighted by Gasteiger charge is -2.15. The van der Waals surface area contributed by atoms with Crippen molar-refractivity contribution >= 4 is 23.5 Å². The molecule has 3 N–H and O–H groups in total. The highest BCUT2D eigenvalue weighted by molar-refractivity contribution is 6.31. The standard InChI is InChI=1S/C24H18ClN9O3/c25-15-1-3-19(33-12-28-31-32-33)17(10-15)14-7-16-2-4-20(34(16)22(35)9-14)23-27-11-18(29-23)13-5-6-26-21(8-13)30-24(36)37/h1,3,5-12,20H,2,4H2,(H,26,30)(H,27,29)(H,36,37)/t20-/m0/s1. The molecule has 4 aromatic heterocycles. The molecule has 13 heteroatoms. The van der Waals surface area contributed by atoms with Crippen molar-refractivity contribution in [1.82, 2.24) is 39.7 Å². The van der Waals surface area contributed by atoms with Gasteiger partial charge in [-0.3, -0.25) is 10.1 Å². The van der Waals surface area contributed by atoms with Gasteiger partial charge in [-0.25, -0.2) is 14.8 Å². The first-order chi connectivity index (χ1) is 18.0. The van der Waals surface area contributed by atoms with E-state index in [0.29, 0.717) is 35.1 Å². The molecule has 0 saturated heterocycles. The summed E-state index contributed by atoms with van der Waals surface area (Å²) < 4.78 is 3.28. The number of rotatable bonds is 5. The van der Waals surface area contributed by atoms with Crippen LogP contribution >= 0.6 is 11.6 Å². The van der Waals surface area contributed by atoms with Crippen LogP contribution in [0.25, 0.3) is 28.1 Å². The van der Waals surface area contributed by atoms with Crippen LogP contribution < -0.4 is 10.9 Å². The Morgan fingerprint density at radius 3 is 2.84 bits per heavy atom. The highest BCUT2D eigenvalue weighted by Gasteiger charge is 2.28. The first-order valence-electron chi connectivity index (χ1n) is 11.3. The molecule has 1 aromatic carbocycles. The molecule has 1 aliphatic heterocycles. The molecule has 6 rings (SSSR count). The van der Waals surface area contributed by atoms with Gasteiger partial charge in [0.2, 0.25) is 0 Å². The summed E-state index contributed by atoms with van der Waals surface area (Å²) in [6, 6.07) is 12.0. The molecule has 184 valence electrons. The average molecular weight is 516 g/mol. The molecule has 0 radical (unpaired) electrons. The lowest BCUT2D eigenvalue weighted by atomic mass is 10.0. The number of fused-ring (bicyclic) bond motifs is 1. The van der Waals surface area contributed by atoms with Gasteiger partial charge in [-0.15, -0.1) is 5.10 Å². The lowest BCUT2D eigenvalue weighted by molar-refractivity contribution is 0.209. The third-order valence-electron chi connectivity index (χ3n) is 6.22. The number of benzene rings is 1. The Labute approximate surface area is 213 Å². The van der Waals surface area contributed by atoms with Crippen molar-refractivity contribution in [3.05, 3.63) is 88.1 Å². The number of hydrogen-bond acceptors (Lipinski definition) is 7. The molecule has 0 aliphatic carbocycles. The van der Waals surface area contributed by atoms with E-state index in [-0.39, 0.29) is 17.4 Å². The van der Waals surface area contributed by atoms with E-state index in [1.165, 1.54) is 17.2 Å². The van der Waals surface area contributed by atoms with Crippen LogP contribution in [-0.4, -0.2) is 50.9 Å². The number of carboxylic acid groups (broad SMARTS) is 1. The molecule has 1 atom stereocenters. The summed E-state index contributed by atoms with van der Waals surface area (Å²) in [6.07, 6.45) is 4.85. The molecule has 12 nitrogen and oxygen atoms in total. The maximum absolute atomic E-state index is 13.4. The number of anilines is 1. The Bertz CT molecular complexity index is 1690. The Morgan fingerprint density at radius 1 is 1.14 bits per heavy atom. The van der Waals surface area contributed by atoms with Gasteiger partial charge < -0.3 is 14.7 Å². The largest absolute Gasteiger partial charge is 0.465 e. The van der Waals surface area contributed by atoms with Crippen LogP contribution in [0.1, 0.15) is 24.0 Å². The fraction of sp³-hybridized carbons (Fsp3) is 0.125. The van der Waals surface area contributed by atoms with Crippen molar-refractivity contribution < 1.29 is 9.90 Å². The van der Waals surface area contributed by atoms with Crippen LogP contribution in [0.2, 0.25) is 5.02 Å². The zero-order valence-corrected chi connectivity index (χ0v) is 19.8. The van der Waals surface area contributed by atoms with E-state index < -0.39 is 6.09 Å². The first-order valence-corrected chi connectivity index (χ1v) is 11.6. The summed E-state index contributed by atoms with van der Waals surface area (Å²) in [5.41, 5.74) is 4.30. The van der Waals surface area contributed by atoms with Gasteiger partial charge in [0, 0.05) is 34.1 Å². The van der Waals surface area contributed by atoms with Gasteiger partial charge in [-0.2, -0.15) is 4.68 Å². The minimum Gasteiger partial charge on any atom is -0.465 e. The number of pyridine rings is 2. The second kappa shape index (κ2) is 8.99. The van der Waals surface area contributed by atoms with Gasteiger partial charge in [0.05, 0.1) is 23.6 Å². The van der Waals surface area contributed by atoms with Crippen LogP contribution in [-0.2, 0) is 6.42 Å². The van der Waals surface area contributed by atoms with E-state index in [1.54, 1.807) is 41.1 Å². The zero-order valence-electron chi connectivity index (χ0n) is 19.0. The van der Waals surface area contributed by atoms with Crippen molar-refractivity contribution in [3.63, 3.8) is 0 Å². The average Bonchev–Trinajstić information content (AvgIpc) is 3.64. The third-order valence-corrected chi connectivity index (χ3v) is 6.45. The van der Waals surface area contributed by atoms with E-state index in [4.69, 9.17) is 16.7 Å². The Balaban J connectivity index is 1.35. The predicted molar refractivity (Wildman–Crippen MR) is 134 cm³/mol. The smallest absolute Gasteiger partial charge is 0.410 e. The minimum atomic E-state index is -1.20. The second-order valence-electron chi connectivity index (χ2n) is 8.46. The fourth-order valence-electron chi connectivity index (χ4n) is 4.65. The lowest BCUT2D eigenvalue weighted by Crippen LogP contribution is -2.23. The van der Waals surface area contributed by atoms with Crippen molar-refractivity contribution in [2.75, 3.05) is 5.32 Å². The van der Waals surface area contributed by atoms with Crippen LogP contribution in [0.4, 0.5) is 10.6 Å². The molecular formula is C24H18ClN9O3. The summed E-state index contributed by atoms with van der Waals surface area (Å²) in [4.78, 5) is 36.1. The van der Waals surface area contributed by atoms with E-state index in [1.807, 2.05) is 12.1 Å². The summed E-state index contributed by atoms with van der Waals surface area (Å²) in [5.74, 6) is 0.850. The SMILES string of the molecule is O=C(O)Nc1cc(-c2cnc([C@@H]3CCc4cc(-c5cc(Cl)ccc5-n5cnnn5)cc(=O)n43)[nH]2)ccn1. The number of amides is 1. The number of aryl methyl sites for hydroxylation is 1. The van der Waals surface area contributed by atoms with Gasteiger partial charge in [-0.05, 0) is 65.2 Å². The van der Waals surface area contributed by atoms with Gasteiger partial charge in [-0.1, -0.05) is 11.6 Å². The number of tetrazole rings is 1. The molecule has 1 aliphatic rings. The zero-order chi connectivity index (χ0) is 25.5. The number of hydrogen-bond donors (Lipinski definition) is 3. The van der Waals surface area contributed by atoms with E-state index in [2.05, 4.69) is 35.8 Å². The second-order valence-corrected chi connectivity index (χ2v) is 8.89. The van der Waals surface area contributed by atoms with Crippen LogP contribution in [0, 0.1) is 0 Å². The molecule has 0 bridgehead atoms. The quantitative estimate of drug-likeness (QED) is 0.320. The number of nitrogens with one attached hydrogen (secondary N) is 2. The number of H-pyrrole nitrogens is 1. The highest BCUT2D eigenvalue weighted by atomic mass is 35.5.